The summed E-state index contributed by atoms with van der Waals surface area (Å²) in [6, 6.07) is 18.0. The molecule has 0 saturated carbocycles. The Bertz CT molecular complexity index is 4890. The molecule has 0 spiro atoms. The maximum Gasteiger partial charge on any atom is 0.330 e. The summed E-state index contributed by atoms with van der Waals surface area (Å²) < 4.78 is 52.8. The number of hydrogen-bond donors (Lipinski definition) is 19. The topological polar surface area (TPSA) is 546 Å². The van der Waals surface area contributed by atoms with Crippen molar-refractivity contribution >= 4 is 64.6 Å². The fourth-order valence-electron chi connectivity index (χ4n) is 14.9. The van der Waals surface area contributed by atoms with Crippen LogP contribution < -0.4 is 63.3 Å². The first-order chi connectivity index (χ1) is 54.5. The number of nitrogens with one attached hydrogen (secondary N) is 6. The Morgan fingerprint density at radius 1 is 0.635 bits per heavy atom. The Labute approximate surface area is 665 Å². The molecule has 3 fully saturated rings. The maximum atomic E-state index is 16.3. The highest BCUT2D eigenvalue weighted by Gasteiger charge is 2.53. The average Bonchev–Trinajstić information content (AvgIpc) is 1.32. The lowest BCUT2D eigenvalue weighted by atomic mass is 9.84. The van der Waals surface area contributed by atoms with E-state index in [9.17, 15) is 65.4 Å². The lowest BCUT2D eigenvalue weighted by molar-refractivity contribution is -0.334. The van der Waals surface area contributed by atoms with Gasteiger partial charge in [-0.1, -0.05) is 83.9 Å². The second kappa shape index (κ2) is 33.5. The van der Waals surface area contributed by atoms with Crippen molar-refractivity contribution in [2.24, 2.45) is 17.2 Å². The molecule has 7 heterocycles. The van der Waals surface area contributed by atoms with Gasteiger partial charge in [0.15, 0.2) is 36.2 Å². The normalized spacial score (nSPS) is 31.0. The highest BCUT2D eigenvalue weighted by molar-refractivity contribution is 6.32. The van der Waals surface area contributed by atoms with E-state index in [1.807, 2.05) is 36.4 Å². The molecular weight excluding hydrogens is 1550 g/mol. The summed E-state index contributed by atoms with van der Waals surface area (Å²) in [5.74, 6) is -14.4. The van der Waals surface area contributed by atoms with Crippen LogP contribution in [0.5, 0.6) is 46.0 Å². The van der Waals surface area contributed by atoms with Crippen LogP contribution in [0.15, 0.2) is 133 Å². The predicted octanol–water partition coefficient (Wildman–Crippen LogP) is 3.05. The van der Waals surface area contributed by atoms with Crippen LogP contribution in [0.4, 0.5) is 0 Å². The SMILES string of the molecule is C[C@H]1O[C@@H](O[C@@H]2[C@H](Oc3c4cc5cc3Oc3ccc(cc3Cl)[C@@H](O)[C@@H](N)C(=O)N[C@@H](CC(N)=O)C(=O)N[C@H]5C(=O)N[C@H]3C(=O)N[C@H](C(=O)N[C@H](C(=O)O)c5cc(O)cc(O)c5-c5cc3ccc5O)[C@H](O[C@H]3C[C@@](C)(N)[C@@H](O)[C@@H](C)O3)c3cccc(c3)O4)O[C@@H](CO)[C@H](O)[C@H]2O)C[C@@](C)(NCc2ccc(-c3ccc(Cl)cc3)cc2)[C@H]1O. The van der Waals surface area contributed by atoms with E-state index in [0.717, 1.165) is 65.2 Å². The second-order valence-corrected chi connectivity index (χ2v) is 30.5. The number of amides is 6. The Balaban J connectivity index is 1.00. The van der Waals surface area contributed by atoms with Gasteiger partial charge in [-0.2, -0.15) is 0 Å². The Kier molecular flexibility index (Phi) is 24.0. The van der Waals surface area contributed by atoms with Crippen LogP contribution in [0.2, 0.25) is 10.0 Å². The van der Waals surface area contributed by atoms with Crippen molar-refractivity contribution in [2.45, 2.75) is 181 Å². The lowest BCUT2D eigenvalue weighted by Gasteiger charge is -2.48. The maximum absolute atomic E-state index is 16.3. The third-order valence-corrected chi connectivity index (χ3v) is 21.8. The lowest BCUT2D eigenvalue weighted by Crippen LogP contribution is -2.65. The summed E-state index contributed by atoms with van der Waals surface area (Å²) in [5.41, 5.74) is 16.2. The van der Waals surface area contributed by atoms with E-state index in [1.54, 1.807) is 26.0 Å². The van der Waals surface area contributed by atoms with Gasteiger partial charge in [0.2, 0.25) is 47.5 Å². The largest absolute Gasteiger partial charge is 0.508 e. The average molecular weight is 1630 g/mol. The van der Waals surface area contributed by atoms with Crippen LogP contribution in [-0.2, 0) is 63.8 Å². The third kappa shape index (κ3) is 17.5. The second-order valence-electron chi connectivity index (χ2n) is 29.7. The number of phenols is 3. The van der Waals surface area contributed by atoms with Crippen LogP contribution in [0.1, 0.15) is 111 Å². The number of halogens is 2. The number of primary amides is 1. The predicted molar refractivity (Wildman–Crippen MR) is 404 cm³/mol. The van der Waals surface area contributed by atoms with Gasteiger partial charge >= 0.3 is 5.97 Å². The van der Waals surface area contributed by atoms with Crippen molar-refractivity contribution in [3.05, 3.63) is 177 Å². The molecule has 0 radical (unpaired) electrons. The number of hydrogen-bond acceptors (Lipinski definition) is 27. The van der Waals surface area contributed by atoms with Crippen LogP contribution in [0.25, 0.3) is 22.3 Å². The minimum Gasteiger partial charge on any atom is -0.508 e. The van der Waals surface area contributed by atoms with E-state index in [-0.39, 0.29) is 52.6 Å². The molecule has 115 heavy (non-hydrogen) atoms. The van der Waals surface area contributed by atoms with Gasteiger partial charge in [0.25, 0.3) is 0 Å². The van der Waals surface area contributed by atoms with Gasteiger partial charge in [-0.05, 0) is 133 Å². The number of aliphatic carboxylic acids is 1. The molecule has 7 aromatic carbocycles. The molecule has 34 nitrogen and oxygen atoms in total. The van der Waals surface area contributed by atoms with E-state index < -0.39 is 238 Å². The smallest absolute Gasteiger partial charge is 0.330 e. The number of carboxylic acids is 1. The number of ether oxygens (including phenoxy) is 8. The molecule has 3 saturated heterocycles. The van der Waals surface area contributed by atoms with Crippen molar-refractivity contribution in [2.75, 3.05) is 6.61 Å². The number of carboxylic acid groups (broad SMARTS) is 1. The van der Waals surface area contributed by atoms with E-state index >= 15 is 19.2 Å². The molecule has 11 bridgehead atoms. The van der Waals surface area contributed by atoms with Crippen molar-refractivity contribution in [1.29, 1.82) is 0 Å². The molecular formula is C79H85Cl2N9O25. The number of carbonyl (C=O) groups is 7. The molecule has 0 aliphatic carbocycles. The van der Waals surface area contributed by atoms with E-state index in [2.05, 4.69) is 31.9 Å². The molecule has 0 aromatic heterocycles. The number of fused-ring (bicyclic) bond motifs is 19. The van der Waals surface area contributed by atoms with Gasteiger partial charge in [-0.3, -0.25) is 28.8 Å². The van der Waals surface area contributed by atoms with Crippen LogP contribution in [0.3, 0.4) is 0 Å². The number of carbonyl (C=O) groups excluding carboxylic acids is 6. The quantitative estimate of drug-likeness (QED) is 0.0744. The van der Waals surface area contributed by atoms with Gasteiger partial charge in [-0.15, -0.1) is 0 Å². The number of benzene rings is 7. The standard InChI is InChI=1S/C79H85Cl2N9O25/c1-32-69(99)78(3,84)28-55(108-32)113-66-39-6-5-7-43(20-39)110-51-23-40-24-52(67(51)115-77-68(65(98)64(97)53(31-91)112-77)114-56-29-79(4,70(100)33(2)109-56)85-30-34-8-10-35(11-9-34)36-12-16-41(80)17-13-36)111-50-19-15-38(22-46(50)81)63(96)58(83)72(102)86-47(27-54(82)95)71(101)87-60(40)74(104)88-59-37-14-18-48(93)44(21-37)57-45(25-42(92)26-49(57)94)61(76(106)107)89-75(105)62(66)90-73(59)103/h5-26,32-33,47,53,55-56,58-66,68-70,77,85,91-94,96-100H,27-31,83-84H2,1-4H3,(H2,82,95)(H,86,102)(H,87,101)(H,88,104)(H,89,105)(H,90,103)(H,106,107)/t32-,33-,47+,53+,55+,56+,58-,59-,60-,61+,62+,63-,64+,65-,66-,68+,69+,70+,77+,78-,79-/m1/s1. The molecule has 7 aromatic rings. The zero-order valence-corrected chi connectivity index (χ0v) is 63.3. The molecule has 36 heteroatoms. The molecule has 14 rings (SSSR count). The van der Waals surface area contributed by atoms with E-state index in [0.29, 0.717) is 5.02 Å². The summed E-state index contributed by atoms with van der Waals surface area (Å²) in [6.07, 6.45) is -22.5. The molecule has 21 atom stereocenters. The first-order valence-electron chi connectivity index (χ1n) is 36.5. The summed E-state index contributed by atoms with van der Waals surface area (Å²) >= 11 is 13.2. The number of aliphatic hydroxyl groups is 6. The minimum absolute atomic E-state index is 0.101. The van der Waals surface area contributed by atoms with E-state index in [1.165, 1.54) is 50.2 Å². The Morgan fingerprint density at radius 3 is 1.95 bits per heavy atom. The first kappa shape index (κ1) is 82.6. The number of rotatable bonds is 14. The summed E-state index contributed by atoms with van der Waals surface area (Å²) in [6.45, 7) is 5.50. The minimum atomic E-state index is -2.30. The molecule has 7 aliphatic rings. The van der Waals surface area contributed by atoms with Gasteiger partial charge in [-0.25, -0.2) is 4.79 Å². The van der Waals surface area contributed by atoms with Crippen molar-refractivity contribution in [3.8, 4) is 68.2 Å². The highest BCUT2D eigenvalue weighted by Crippen LogP contribution is 2.50. The van der Waals surface area contributed by atoms with Gasteiger partial charge < -0.3 is 138 Å². The molecule has 22 N–H and O–H groups in total. The van der Waals surface area contributed by atoms with Gasteiger partial charge in [0, 0.05) is 58.2 Å². The zero-order valence-electron chi connectivity index (χ0n) is 61.8. The van der Waals surface area contributed by atoms with Crippen LogP contribution in [-0.4, -0.2) is 196 Å². The Hall–Kier alpha value is -10.4. The third-order valence-electron chi connectivity index (χ3n) is 21.2. The molecule has 6 amide bonds. The monoisotopic (exact) mass is 1630 g/mol. The summed E-state index contributed by atoms with van der Waals surface area (Å²) in [4.78, 5) is 104. The number of nitrogens with two attached hydrogens (primary N) is 3. The fraction of sp³-hybridized carbons (Fsp3) is 0.380. The van der Waals surface area contributed by atoms with Gasteiger partial charge in [0.1, 0.15) is 89.5 Å². The van der Waals surface area contributed by atoms with Crippen LogP contribution >= 0.6 is 23.2 Å². The first-order valence-corrected chi connectivity index (χ1v) is 37.3. The fourth-order valence-corrected chi connectivity index (χ4v) is 15.3. The summed E-state index contributed by atoms with van der Waals surface area (Å²) in [5, 5.41) is 132. The molecule has 7 aliphatic heterocycles. The zero-order chi connectivity index (χ0) is 82.5. The number of aliphatic hydroxyl groups excluding tert-OH is 6. The molecule has 0 unspecified atom stereocenters. The van der Waals surface area contributed by atoms with Crippen molar-refractivity contribution in [1.82, 2.24) is 31.9 Å². The van der Waals surface area contributed by atoms with E-state index in [4.69, 9.17) is 78.3 Å². The van der Waals surface area contributed by atoms with Crippen molar-refractivity contribution in [3.63, 3.8) is 0 Å². The summed E-state index contributed by atoms with van der Waals surface area (Å²) in [7, 11) is 0. The van der Waals surface area contributed by atoms with Gasteiger partial charge in [0.05, 0.1) is 42.5 Å². The van der Waals surface area contributed by atoms with Crippen molar-refractivity contribution < 1.29 is 123 Å². The van der Waals surface area contributed by atoms with Crippen LogP contribution in [0, 0.1) is 0 Å². The number of phenolic OH excluding ortho intramolecular Hbond substituents is 3. The highest BCUT2D eigenvalue weighted by atomic mass is 35.5. The number of aromatic hydroxyl groups is 3. The Morgan fingerprint density at radius 2 is 1.28 bits per heavy atom. The molecule has 610 valence electrons.